The van der Waals surface area contributed by atoms with Gasteiger partial charge in [-0.25, -0.2) is 0 Å². The largest absolute Gasteiger partial charge is 0.481 e. The molecule has 0 saturated carbocycles. The van der Waals surface area contributed by atoms with Crippen LogP contribution in [0.4, 0.5) is 0 Å². The van der Waals surface area contributed by atoms with Crippen molar-refractivity contribution >= 4 is 5.97 Å². The number of aliphatic carboxylic acids is 1. The topological polar surface area (TPSA) is 55.1 Å². The van der Waals surface area contributed by atoms with Gasteiger partial charge >= 0.3 is 5.97 Å². The molecule has 0 aromatic carbocycles. The number of carboxylic acid groups (broad SMARTS) is 1. The number of aryl methyl sites for hydroxylation is 1. The van der Waals surface area contributed by atoms with E-state index >= 15 is 0 Å². The van der Waals surface area contributed by atoms with Gasteiger partial charge in [0, 0.05) is 18.3 Å². The lowest BCUT2D eigenvalue weighted by molar-refractivity contribution is -0.136. The fourth-order valence-corrected chi connectivity index (χ4v) is 1.42. The van der Waals surface area contributed by atoms with Crippen LogP contribution in [-0.2, 0) is 17.8 Å². The maximum absolute atomic E-state index is 10.6. The van der Waals surface area contributed by atoms with Crippen LogP contribution >= 0.6 is 0 Å². The lowest BCUT2D eigenvalue weighted by Crippen LogP contribution is -2.02. The molecule has 0 radical (unpaired) electrons. The molecule has 1 heterocycles. The van der Waals surface area contributed by atoms with Gasteiger partial charge in [0.1, 0.15) is 0 Å². The van der Waals surface area contributed by atoms with Gasteiger partial charge in [0.05, 0.1) is 12.1 Å². The molecule has 0 unspecified atom stereocenters. The molecule has 0 aliphatic rings. The number of carbonyl (C=O) groups is 1. The Labute approximate surface area is 83.5 Å². The maximum Gasteiger partial charge on any atom is 0.307 e. The van der Waals surface area contributed by atoms with E-state index in [0.29, 0.717) is 0 Å². The molecule has 1 aromatic heterocycles. The molecule has 4 heteroatoms. The molecule has 0 saturated heterocycles. The molecule has 0 atom stereocenters. The van der Waals surface area contributed by atoms with Crippen molar-refractivity contribution in [3.8, 4) is 0 Å². The SMILES string of the molecule is CCn1cc(CC(=O)O)c(C(C)C)n1. The zero-order valence-electron chi connectivity index (χ0n) is 8.82. The summed E-state index contributed by atoms with van der Waals surface area (Å²) in [5, 5.41) is 13.1. The number of hydrogen-bond acceptors (Lipinski definition) is 2. The summed E-state index contributed by atoms with van der Waals surface area (Å²) in [6.07, 6.45) is 1.89. The molecule has 0 spiro atoms. The van der Waals surface area contributed by atoms with E-state index in [9.17, 15) is 4.79 Å². The molecule has 0 bridgehead atoms. The van der Waals surface area contributed by atoms with Crippen LogP contribution in [0.5, 0.6) is 0 Å². The highest BCUT2D eigenvalue weighted by molar-refractivity contribution is 5.70. The van der Waals surface area contributed by atoms with Gasteiger partial charge in [-0.15, -0.1) is 0 Å². The van der Waals surface area contributed by atoms with E-state index in [0.717, 1.165) is 17.8 Å². The van der Waals surface area contributed by atoms with E-state index in [-0.39, 0.29) is 12.3 Å². The smallest absolute Gasteiger partial charge is 0.307 e. The summed E-state index contributed by atoms with van der Waals surface area (Å²) in [4.78, 5) is 10.6. The van der Waals surface area contributed by atoms with Crippen molar-refractivity contribution in [3.05, 3.63) is 17.5 Å². The third-order valence-corrected chi connectivity index (χ3v) is 2.08. The fraction of sp³-hybridized carbons (Fsp3) is 0.600. The van der Waals surface area contributed by atoms with Gasteiger partial charge in [-0.2, -0.15) is 5.10 Å². The van der Waals surface area contributed by atoms with Crippen LogP contribution in [0.3, 0.4) is 0 Å². The van der Waals surface area contributed by atoms with E-state index < -0.39 is 5.97 Å². The molecule has 14 heavy (non-hydrogen) atoms. The molecular weight excluding hydrogens is 180 g/mol. The quantitative estimate of drug-likeness (QED) is 0.796. The van der Waals surface area contributed by atoms with E-state index in [1.165, 1.54) is 0 Å². The first-order valence-corrected chi connectivity index (χ1v) is 4.82. The van der Waals surface area contributed by atoms with Crippen LogP contribution in [0.2, 0.25) is 0 Å². The first-order chi connectivity index (χ1) is 6.54. The van der Waals surface area contributed by atoms with Crippen LogP contribution in [0, 0.1) is 0 Å². The number of aromatic nitrogens is 2. The van der Waals surface area contributed by atoms with Gasteiger partial charge in [-0.1, -0.05) is 13.8 Å². The van der Waals surface area contributed by atoms with E-state index in [4.69, 9.17) is 5.11 Å². The van der Waals surface area contributed by atoms with Crippen LogP contribution < -0.4 is 0 Å². The van der Waals surface area contributed by atoms with Gasteiger partial charge in [0.15, 0.2) is 0 Å². The van der Waals surface area contributed by atoms with E-state index in [1.54, 1.807) is 4.68 Å². The summed E-state index contributed by atoms with van der Waals surface area (Å²) in [6, 6.07) is 0. The molecule has 0 fully saturated rings. The van der Waals surface area contributed by atoms with Gasteiger partial charge in [0.25, 0.3) is 0 Å². The minimum atomic E-state index is -0.803. The van der Waals surface area contributed by atoms with E-state index in [1.807, 2.05) is 27.0 Å². The molecule has 78 valence electrons. The molecule has 1 rings (SSSR count). The molecule has 4 nitrogen and oxygen atoms in total. The van der Waals surface area contributed by atoms with Gasteiger partial charge in [-0.05, 0) is 12.8 Å². The first kappa shape index (κ1) is 10.8. The number of rotatable bonds is 4. The Kier molecular flexibility index (Phi) is 3.28. The van der Waals surface area contributed by atoms with Crippen molar-refractivity contribution < 1.29 is 9.90 Å². The van der Waals surface area contributed by atoms with Gasteiger partial charge in [0.2, 0.25) is 0 Å². The lowest BCUT2D eigenvalue weighted by Gasteiger charge is -2.02. The van der Waals surface area contributed by atoms with Crippen molar-refractivity contribution in [2.75, 3.05) is 0 Å². The Morgan fingerprint density at radius 3 is 2.71 bits per heavy atom. The predicted molar refractivity (Wildman–Crippen MR) is 53.3 cm³/mol. The summed E-state index contributed by atoms with van der Waals surface area (Å²) in [5.41, 5.74) is 1.73. The third-order valence-electron chi connectivity index (χ3n) is 2.08. The predicted octanol–water partition coefficient (Wildman–Crippen LogP) is 1.65. The minimum Gasteiger partial charge on any atom is -0.481 e. The second-order valence-corrected chi connectivity index (χ2v) is 3.62. The number of nitrogens with zero attached hydrogens (tertiary/aromatic N) is 2. The second kappa shape index (κ2) is 4.26. The first-order valence-electron chi connectivity index (χ1n) is 4.82. The standard InChI is InChI=1S/C10H16N2O2/c1-4-12-6-8(5-9(13)14)10(11-12)7(2)3/h6-7H,4-5H2,1-3H3,(H,13,14). The maximum atomic E-state index is 10.6. The van der Waals surface area contributed by atoms with Crippen LogP contribution in [-0.4, -0.2) is 20.9 Å². The molecule has 0 amide bonds. The van der Waals surface area contributed by atoms with Crippen LogP contribution in [0.15, 0.2) is 6.20 Å². The van der Waals surface area contributed by atoms with E-state index in [2.05, 4.69) is 5.10 Å². The van der Waals surface area contributed by atoms with Crippen molar-refractivity contribution in [1.82, 2.24) is 9.78 Å². The third kappa shape index (κ3) is 2.34. The highest BCUT2D eigenvalue weighted by atomic mass is 16.4. The normalized spacial score (nSPS) is 10.9. The molecule has 0 aliphatic carbocycles. The summed E-state index contributed by atoms with van der Waals surface area (Å²) >= 11 is 0. The zero-order chi connectivity index (χ0) is 10.7. The summed E-state index contributed by atoms with van der Waals surface area (Å²) in [5.74, 6) is -0.528. The fourth-order valence-electron chi connectivity index (χ4n) is 1.42. The Morgan fingerprint density at radius 2 is 2.29 bits per heavy atom. The zero-order valence-corrected chi connectivity index (χ0v) is 8.82. The van der Waals surface area contributed by atoms with Crippen molar-refractivity contribution in [1.29, 1.82) is 0 Å². The molecule has 1 N–H and O–H groups in total. The van der Waals surface area contributed by atoms with Crippen LogP contribution in [0.25, 0.3) is 0 Å². The Morgan fingerprint density at radius 1 is 1.64 bits per heavy atom. The van der Waals surface area contributed by atoms with Crippen molar-refractivity contribution in [3.63, 3.8) is 0 Å². The van der Waals surface area contributed by atoms with Gasteiger partial charge < -0.3 is 5.11 Å². The van der Waals surface area contributed by atoms with Crippen molar-refractivity contribution in [2.45, 2.75) is 39.7 Å². The average molecular weight is 196 g/mol. The lowest BCUT2D eigenvalue weighted by atomic mass is 10.0. The highest BCUT2D eigenvalue weighted by Crippen LogP contribution is 2.18. The van der Waals surface area contributed by atoms with Crippen molar-refractivity contribution in [2.24, 2.45) is 0 Å². The molecular formula is C10H16N2O2. The summed E-state index contributed by atoms with van der Waals surface area (Å²) in [7, 11) is 0. The highest BCUT2D eigenvalue weighted by Gasteiger charge is 2.14. The monoisotopic (exact) mass is 196 g/mol. The Bertz CT molecular complexity index is 329. The summed E-state index contributed by atoms with van der Waals surface area (Å²) < 4.78 is 1.79. The van der Waals surface area contributed by atoms with Gasteiger partial charge in [-0.3, -0.25) is 9.48 Å². The molecule has 1 aromatic rings. The second-order valence-electron chi connectivity index (χ2n) is 3.62. The minimum absolute atomic E-state index is 0.0630. The van der Waals surface area contributed by atoms with Crippen LogP contribution in [0.1, 0.15) is 37.9 Å². The summed E-state index contributed by atoms with van der Waals surface area (Å²) in [6.45, 7) is 6.81. The number of hydrogen-bond donors (Lipinski definition) is 1. The Hall–Kier alpha value is -1.32. The number of carboxylic acids is 1. The average Bonchev–Trinajstić information content (AvgIpc) is 2.46. The Balaban J connectivity index is 2.99. The molecule has 0 aliphatic heterocycles.